The van der Waals surface area contributed by atoms with E-state index < -0.39 is 0 Å². The molecule has 7 rings (SSSR count). The summed E-state index contributed by atoms with van der Waals surface area (Å²) < 4.78 is 9.79. The molecule has 0 spiro atoms. The molecule has 0 saturated heterocycles. The smallest absolute Gasteiger partial charge is 0.294 e. The minimum Gasteiger partial charge on any atom is -0.437 e. The van der Waals surface area contributed by atoms with Crippen molar-refractivity contribution in [3.63, 3.8) is 0 Å². The van der Waals surface area contributed by atoms with Crippen LogP contribution in [0.4, 0.5) is 23.0 Å². The molecule has 0 unspecified atom stereocenters. The van der Waals surface area contributed by atoms with Crippen LogP contribution in [0.1, 0.15) is 33.4 Å². The van der Waals surface area contributed by atoms with Crippen molar-refractivity contribution >= 4 is 38.9 Å². The molecule has 2 N–H and O–H groups in total. The van der Waals surface area contributed by atoms with E-state index in [1.165, 1.54) is 0 Å². The van der Waals surface area contributed by atoms with Crippen LogP contribution in [0.15, 0.2) is 154 Å². The summed E-state index contributed by atoms with van der Waals surface area (Å²) in [6, 6.07) is 43.2. The van der Waals surface area contributed by atoms with Gasteiger partial charge in [-0.15, -0.1) is 0 Å². The molecule has 0 atom stereocenters. The zero-order valence-electron chi connectivity index (χ0n) is 30.5. The molecule has 0 amide bonds. The van der Waals surface area contributed by atoms with Gasteiger partial charge in [-0.25, -0.2) is 4.98 Å². The van der Waals surface area contributed by atoms with Crippen LogP contribution in [0, 0.1) is 36.5 Å². The average Bonchev–Trinajstić information content (AvgIpc) is 3.21. The van der Waals surface area contributed by atoms with Crippen molar-refractivity contribution in [3.8, 4) is 23.8 Å². The lowest BCUT2D eigenvalue weighted by atomic mass is 10.1. The fourth-order valence-electron chi connectivity index (χ4n) is 5.58. The molecule has 0 radical (unpaired) electrons. The predicted molar refractivity (Wildman–Crippen MR) is 221 cm³/mol. The number of halogens is 1. The van der Waals surface area contributed by atoms with Crippen molar-refractivity contribution in [2.75, 3.05) is 10.6 Å². The van der Waals surface area contributed by atoms with Gasteiger partial charge < -0.3 is 24.5 Å². The lowest BCUT2D eigenvalue weighted by molar-refractivity contribution is 0.451. The molecule has 7 aromatic rings. The molecule has 0 fully saturated rings. The molecule has 0 saturated carbocycles. The van der Waals surface area contributed by atoms with E-state index in [9.17, 15) is 9.59 Å². The first-order valence-corrected chi connectivity index (χ1v) is 18.2. The Morgan fingerprint density at radius 2 is 1.12 bits per heavy atom. The fourth-order valence-corrected chi connectivity index (χ4v) is 6.01. The van der Waals surface area contributed by atoms with Crippen molar-refractivity contribution < 1.29 is 4.74 Å². The van der Waals surface area contributed by atoms with E-state index in [4.69, 9.17) is 15.3 Å². The van der Waals surface area contributed by atoms with Crippen LogP contribution in [-0.2, 0) is 13.1 Å². The summed E-state index contributed by atoms with van der Waals surface area (Å²) in [7, 11) is 0. The number of aryl methyl sites for hydroxylation is 2. The first-order chi connectivity index (χ1) is 27.2. The Morgan fingerprint density at radius 1 is 0.643 bits per heavy atom. The van der Waals surface area contributed by atoms with E-state index in [0.717, 1.165) is 22.3 Å². The second-order valence-corrected chi connectivity index (χ2v) is 13.5. The number of aromatic nitrogens is 4. The van der Waals surface area contributed by atoms with Crippen LogP contribution in [0.25, 0.3) is 0 Å². The molecule has 0 aliphatic carbocycles. The summed E-state index contributed by atoms with van der Waals surface area (Å²) in [4.78, 5) is 34.4. The van der Waals surface area contributed by atoms with Crippen molar-refractivity contribution in [2.24, 2.45) is 0 Å². The largest absolute Gasteiger partial charge is 0.437 e. The molecule has 0 aliphatic heterocycles. The van der Waals surface area contributed by atoms with E-state index in [2.05, 4.69) is 48.7 Å². The Bertz CT molecular complexity index is 2650. The maximum absolute atomic E-state index is 13.1. The lowest BCUT2D eigenvalue weighted by Gasteiger charge is -2.14. The summed E-state index contributed by atoms with van der Waals surface area (Å²) in [6.07, 6.45) is 3.29. The number of hydrogen-bond acceptors (Lipinski definition) is 9. The van der Waals surface area contributed by atoms with Crippen molar-refractivity contribution in [2.45, 2.75) is 26.9 Å². The second kappa shape index (κ2) is 18.2. The average molecular weight is 804 g/mol. The zero-order valence-corrected chi connectivity index (χ0v) is 32.1. The minimum atomic E-state index is -0.272. The van der Waals surface area contributed by atoms with Gasteiger partial charge >= 0.3 is 0 Å². The van der Waals surface area contributed by atoms with Crippen molar-refractivity contribution in [3.05, 3.63) is 198 Å². The van der Waals surface area contributed by atoms with Gasteiger partial charge in [0, 0.05) is 17.6 Å². The van der Waals surface area contributed by atoms with Crippen LogP contribution in [0.5, 0.6) is 11.6 Å². The van der Waals surface area contributed by atoms with Crippen LogP contribution in [0.2, 0.25) is 0 Å². The number of anilines is 4. The first-order valence-electron chi connectivity index (χ1n) is 17.4. The van der Waals surface area contributed by atoms with Gasteiger partial charge in [0.05, 0.1) is 42.6 Å². The minimum absolute atomic E-state index is 0.146. The number of benzene rings is 5. The van der Waals surface area contributed by atoms with Crippen LogP contribution in [0.3, 0.4) is 0 Å². The highest BCUT2D eigenvalue weighted by atomic mass is 79.9. The molecule has 2 aromatic heterocycles. The van der Waals surface area contributed by atoms with E-state index >= 15 is 0 Å². The normalized spacial score (nSPS) is 10.3. The highest BCUT2D eigenvalue weighted by Crippen LogP contribution is 2.25. The number of nitrogens with zero attached hydrogens (tertiary/aromatic N) is 6. The molecule has 11 nitrogen and oxygen atoms in total. The van der Waals surface area contributed by atoms with E-state index in [1.807, 2.05) is 92.7 Å². The maximum atomic E-state index is 13.1. The highest BCUT2D eigenvalue weighted by Gasteiger charge is 2.13. The third-order valence-electron chi connectivity index (χ3n) is 8.39. The number of hydrogen-bond donors (Lipinski definition) is 2. The predicted octanol–water partition coefficient (Wildman–Crippen LogP) is 8.99. The van der Waals surface area contributed by atoms with Gasteiger partial charge in [0.2, 0.25) is 11.7 Å². The molecule has 0 aliphatic rings. The van der Waals surface area contributed by atoms with Gasteiger partial charge in [-0.05, 0) is 101 Å². The molecule has 56 heavy (non-hydrogen) atoms. The third-order valence-corrected chi connectivity index (χ3v) is 8.77. The maximum Gasteiger partial charge on any atom is 0.294 e. The van der Waals surface area contributed by atoms with Gasteiger partial charge in [-0.1, -0.05) is 78.4 Å². The van der Waals surface area contributed by atoms with Crippen LogP contribution in [-0.4, -0.2) is 19.1 Å². The van der Waals surface area contributed by atoms with E-state index in [-0.39, 0.29) is 22.8 Å². The van der Waals surface area contributed by atoms with E-state index in [1.54, 1.807) is 70.1 Å². The SMILES string of the molecule is Cc1ccc(Oc2cn(Cc3ccccc3)c(=O)c(Nc3ccc(C#N)cc3)n2)c(C)c1.N#Cc1ccc(Nc2nc(Br)cn(Cc3ccccc3)c2=O)cc1. The number of rotatable bonds is 10. The Kier molecular flexibility index (Phi) is 12.5. The Hall–Kier alpha value is -7.28. The monoisotopic (exact) mass is 802 g/mol. The number of ether oxygens (including phenoxy) is 1. The van der Waals surface area contributed by atoms with Crippen molar-refractivity contribution in [1.29, 1.82) is 10.5 Å². The van der Waals surface area contributed by atoms with Gasteiger partial charge in [-0.2, -0.15) is 15.5 Å². The quantitative estimate of drug-likeness (QED) is 0.138. The Balaban J connectivity index is 0.000000198. The Morgan fingerprint density at radius 3 is 1.61 bits per heavy atom. The number of nitriles is 2. The summed E-state index contributed by atoms with van der Waals surface area (Å²) in [5, 5.41) is 23.9. The summed E-state index contributed by atoms with van der Waals surface area (Å²) >= 11 is 3.34. The third kappa shape index (κ3) is 10.2. The fraction of sp³-hybridized carbons (Fsp3) is 0.0909. The standard InChI is InChI=1S/C26H22N4O2.C18H13BrN4O/c1-18-8-13-23(19(2)14-18)32-24-17-30(16-21-6-4-3-5-7-21)26(31)25(29-24)28-22-11-9-20(15-27)10-12-22;19-16-12-23(11-14-4-2-1-3-5-14)18(24)17(22-16)21-15-8-6-13(10-20)7-9-15/h3-14,17H,16H2,1-2H3,(H,28,29);1-9,12H,11H2,(H,21,22). The first kappa shape index (κ1) is 38.4. The van der Waals surface area contributed by atoms with E-state index in [0.29, 0.717) is 51.8 Å². The molecule has 0 bridgehead atoms. The molecular weight excluding hydrogens is 768 g/mol. The van der Waals surface area contributed by atoms with Gasteiger partial charge in [-0.3, -0.25) is 9.59 Å². The summed E-state index contributed by atoms with van der Waals surface area (Å²) in [5.74, 6) is 1.36. The zero-order chi connectivity index (χ0) is 39.4. The molecule has 5 aromatic carbocycles. The molecular formula is C44H35BrN8O3. The lowest BCUT2D eigenvalue weighted by Crippen LogP contribution is -2.24. The van der Waals surface area contributed by atoms with Crippen LogP contribution >= 0.6 is 15.9 Å². The summed E-state index contributed by atoms with van der Waals surface area (Å²) in [5.41, 5.74) is 6.10. The van der Waals surface area contributed by atoms with Gasteiger partial charge in [0.25, 0.3) is 11.1 Å². The molecule has 276 valence electrons. The highest BCUT2D eigenvalue weighted by molar-refractivity contribution is 9.10. The van der Waals surface area contributed by atoms with Crippen LogP contribution < -0.4 is 26.5 Å². The van der Waals surface area contributed by atoms with Gasteiger partial charge in [0.1, 0.15) is 10.4 Å². The van der Waals surface area contributed by atoms with Gasteiger partial charge in [0.15, 0.2) is 5.82 Å². The van der Waals surface area contributed by atoms with Crippen molar-refractivity contribution in [1.82, 2.24) is 19.1 Å². The Labute approximate surface area is 331 Å². The molecule has 12 heteroatoms. The topological polar surface area (TPSA) is 151 Å². The second-order valence-electron chi connectivity index (χ2n) is 12.7. The summed E-state index contributed by atoms with van der Waals surface area (Å²) in [6.45, 7) is 4.84. The molecule has 2 heterocycles. The number of nitrogens with one attached hydrogen (secondary N) is 2.